The van der Waals surface area contributed by atoms with Crippen molar-refractivity contribution in [1.29, 1.82) is 0 Å². The Labute approximate surface area is 116 Å². The van der Waals surface area contributed by atoms with E-state index in [9.17, 15) is 14.5 Å². The highest BCUT2D eigenvalue weighted by Crippen LogP contribution is 2.28. The lowest BCUT2D eigenvalue weighted by molar-refractivity contribution is -0.385. The molecule has 2 rings (SSSR count). The van der Waals surface area contributed by atoms with Gasteiger partial charge in [0.05, 0.1) is 11.0 Å². The molecule has 0 amide bonds. The molecule has 0 spiro atoms. The number of hydrogen-bond donors (Lipinski definition) is 2. The minimum atomic E-state index is -0.812. The van der Waals surface area contributed by atoms with Gasteiger partial charge in [-0.25, -0.2) is 10.2 Å². The summed E-state index contributed by atoms with van der Waals surface area (Å²) in [7, 11) is 0. The summed E-state index contributed by atoms with van der Waals surface area (Å²) in [6, 6.07) is 2.09. The molecule has 0 radical (unpaired) electrons. The number of nitrogen functional groups attached to an aromatic ring is 1. The Hall–Kier alpha value is -2.33. The molecule has 0 saturated carbocycles. The number of ether oxygens (including phenoxy) is 1. The third kappa shape index (κ3) is 2.81. The molecule has 106 valence electrons. The number of hydrogen-bond acceptors (Lipinski definition) is 8. The van der Waals surface area contributed by atoms with Gasteiger partial charge in [-0.3, -0.25) is 10.1 Å². The Morgan fingerprint density at radius 1 is 1.60 bits per heavy atom. The van der Waals surface area contributed by atoms with E-state index < -0.39 is 10.7 Å². The van der Waals surface area contributed by atoms with Crippen LogP contribution in [0.2, 0.25) is 0 Å². The van der Waals surface area contributed by atoms with Crippen LogP contribution in [0.1, 0.15) is 11.3 Å². The quantitative estimate of drug-likeness (QED) is 0.491. The highest BCUT2D eigenvalue weighted by Gasteiger charge is 2.17. The molecule has 0 fully saturated rings. The van der Waals surface area contributed by atoms with Crippen LogP contribution in [0.3, 0.4) is 0 Å². The zero-order valence-electron chi connectivity index (χ0n) is 10.3. The molecule has 2 aromatic rings. The molecule has 0 aliphatic heterocycles. The van der Waals surface area contributed by atoms with Crippen molar-refractivity contribution in [1.82, 2.24) is 9.59 Å². The van der Waals surface area contributed by atoms with Gasteiger partial charge in [0, 0.05) is 17.1 Å². The molecule has 1 aromatic heterocycles. The highest BCUT2D eigenvalue weighted by molar-refractivity contribution is 7.10. The zero-order chi connectivity index (χ0) is 14.7. The summed E-state index contributed by atoms with van der Waals surface area (Å²) in [5.74, 6) is 4.34. The third-order valence-electron chi connectivity index (χ3n) is 2.50. The summed E-state index contributed by atoms with van der Waals surface area (Å²) < 4.78 is 22.6. The lowest BCUT2D eigenvalue weighted by Gasteiger charge is -2.07. The first-order valence-electron chi connectivity index (χ1n) is 5.38. The lowest BCUT2D eigenvalue weighted by Crippen LogP contribution is -2.09. The van der Waals surface area contributed by atoms with Gasteiger partial charge >= 0.3 is 0 Å². The minimum absolute atomic E-state index is 0.0514. The number of nitrogens with zero attached hydrogens (tertiary/aromatic N) is 3. The monoisotopic (exact) mass is 299 g/mol. The summed E-state index contributed by atoms with van der Waals surface area (Å²) in [5, 5.41) is 14.9. The predicted octanol–water partition coefficient (Wildman–Crippen LogP) is 1.76. The van der Waals surface area contributed by atoms with Crippen molar-refractivity contribution in [2.24, 2.45) is 5.84 Å². The fourth-order valence-corrected chi connectivity index (χ4v) is 1.99. The van der Waals surface area contributed by atoms with Gasteiger partial charge in [0.2, 0.25) is 0 Å². The number of halogens is 1. The second-order valence-corrected chi connectivity index (χ2v) is 4.56. The summed E-state index contributed by atoms with van der Waals surface area (Å²) in [4.78, 5) is 10.0. The van der Waals surface area contributed by atoms with Crippen molar-refractivity contribution in [3.63, 3.8) is 0 Å². The van der Waals surface area contributed by atoms with Gasteiger partial charge < -0.3 is 10.2 Å². The molecule has 0 aliphatic rings. The van der Waals surface area contributed by atoms with E-state index in [1.165, 1.54) is 13.0 Å². The Morgan fingerprint density at radius 2 is 2.35 bits per heavy atom. The second-order valence-electron chi connectivity index (χ2n) is 3.81. The van der Waals surface area contributed by atoms with Crippen molar-refractivity contribution in [3.05, 3.63) is 39.3 Å². The Kier molecular flexibility index (Phi) is 4.05. The summed E-state index contributed by atoms with van der Waals surface area (Å²) in [6.45, 7) is 1.45. The average molecular weight is 299 g/mol. The molecule has 0 aliphatic carbocycles. The number of anilines is 1. The Bertz CT molecular complexity index is 648. The summed E-state index contributed by atoms with van der Waals surface area (Å²) in [6.07, 6.45) is 0. The van der Waals surface area contributed by atoms with Crippen LogP contribution in [0.15, 0.2) is 12.1 Å². The number of nitrogens with two attached hydrogens (primary N) is 1. The van der Waals surface area contributed by atoms with Crippen LogP contribution in [0.4, 0.5) is 15.1 Å². The van der Waals surface area contributed by atoms with Crippen LogP contribution in [0.25, 0.3) is 0 Å². The van der Waals surface area contributed by atoms with Gasteiger partial charge in [0.1, 0.15) is 12.3 Å². The fourth-order valence-electron chi connectivity index (χ4n) is 1.51. The van der Waals surface area contributed by atoms with E-state index in [2.05, 4.69) is 15.0 Å². The molecule has 0 saturated heterocycles. The lowest BCUT2D eigenvalue weighted by atomic mass is 10.2. The predicted molar refractivity (Wildman–Crippen MR) is 69.8 cm³/mol. The smallest absolute Gasteiger partial charge is 0.275 e. The van der Waals surface area contributed by atoms with Crippen LogP contribution in [-0.4, -0.2) is 14.5 Å². The number of aryl methyl sites for hydroxylation is 1. The molecule has 0 bridgehead atoms. The maximum atomic E-state index is 13.7. The van der Waals surface area contributed by atoms with Crippen molar-refractivity contribution in [2.75, 3.05) is 5.43 Å². The number of hydrazine groups is 1. The molecule has 1 aromatic carbocycles. The van der Waals surface area contributed by atoms with Crippen LogP contribution in [-0.2, 0) is 6.61 Å². The number of nitro groups is 1. The maximum Gasteiger partial charge on any atom is 0.275 e. The number of nitro benzene ring substituents is 1. The largest absolute Gasteiger partial charge is 0.484 e. The van der Waals surface area contributed by atoms with E-state index in [0.717, 1.165) is 17.6 Å². The average Bonchev–Trinajstić information content (AvgIpc) is 2.86. The second kappa shape index (κ2) is 5.75. The first kappa shape index (κ1) is 14.1. The van der Waals surface area contributed by atoms with Gasteiger partial charge in [0.15, 0.2) is 16.6 Å². The van der Waals surface area contributed by atoms with E-state index in [4.69, 9.17) is 10.6 Å². The number of benzene rings is 1. The van der Waals surface area contributed by atoms with Crippen LogP contribution in [0, 0.1) is 22.9 Å². The fraction of sp³-hybridized carbons (Fsp3) is 0.200. The molecule has 8 nitrogen and oxygen atoms in total. The van der Waals surface area contributed by atoms with Crippen molar-refractivity contribution < 1.29 is 14.1 Å². The molecule has 0 unspecified atom stereocenters. The van der Waals surface area contributed by atoms with Crippen molar-refractivity contribution in [2.45, 2.75) is 13.5 Å². The molecule has 10 heteroatoms. The van der Waals surface area contributed by atoms with Gasteiger partial charge in [0.25, 0.3) is 5.69 Å². The zero-order valence-corrected chi connectivity index (χ0v) is 11.1. The minimum Gasteiger partial charge on any atom is -0.484 e. The molecule has 20 heavy (non-hydrogen) atoms. The van der Waals surface area contributed by atoms with Crippen molar-refractivity contribution in [3.8, 4) is 5.75 Å². The van der Waals surface area contributed by atoms with E-state index in [1.54, 1.807) is 0 Å². The van der Waals surface area contributed by atoms with Crippen LogP contribution >= 0.6 is 11.5 Å². The Balaban J connectivity index is 2.18. The Morgan fingerprint density at radius 3 is 3.00 bits per heavy atom. The summed E-state index contributed by atoms with van der Waals surface area (Å²) in [5.41, 5.74) is 2.83. The van der Waals surface area contributed by atoms with Crippen molar-refractivity contribution >= 4 is 22.2 Å². The maximum absolute atomic E-state index is 13.7. The number of aromatic nitrogens is 2. The number of rotatable bonds is 5. The third-order valence-corrected chi connectivity index (χ3v) is 3.20. The van der Waals surface area contributed by atoms with E-state index in [-0.39, 0.29) is 18.0 Å². The van der Waals surface area contributed by atoms with E-state index in [1.807, 2.05) is 0 Å². The van der Waals surface area contributed by atoms with E-state index >= 15 is 0 Å². The molecular weight excluding hydrogens is 289 g/mol. The van der Waals surface area contributed by atoms with E-state index in [0.29, 0.717) is 16.3 Å². The standard InChI is InChI=1S/C10H10FN5O3S/c1-5-2-9(6(11)3-8(5)16(17)18)19-4-7-10(13-12)20-15-14-7/h2-3,13H,4,12H2,1H3. The molecule has 1 heterocycles. The normalized spacial score (nSPS) is 10.3. The van der Waals surface area contributed by atoms with Crippen LogP contribution < -0.4 is 16.0 Å². The van der Waals surface area contributed by atoms with Gasteiger partial charge in [-0.15, -0.1) is 5.10 Å². The molecular formula is C10H10FN5O3S. The first-order chi connectivity index (χ1) is 9.52. The molecule has 3 N–H and O–H groups in total. The number of nitrogens with one attached hydrogen (secondary N) is 1. The topological polar surface area (TPSA) is 116 Å². The molecule has 0 atom stereocenters. The SMILES string of the molecule is Cc1cc(OCc2nnsc2NN)c(F)cc1[N+](=O)[O-]. The van der Waals surface area contributed by atoms with Gasteiger partial charge in [-0.2, -0.15) is 0 Å². The van der Waals surface area contributed by atoms with Gasteiger partial charge in [-0.05, 0) is 13.0 Å². The summed E-state index contributed by atoms with van der Waals surface area (Å²) >= 11 is 1.04. The highest BCUT2D eigenvalue weighted by atomic mass is 32.1. The van der Waals surface area contributed by atoms with Gasteiger partial charge in [-0.1, -0.05) is 4.49 Å². The van der Waals surface area contributed by atoms with Crippen LogP contribution in [0.5, 0.6) is 5.75 Å². The first-order valence-corrected chi connectivity index (χ1v) is 6.15.